The predicted octanol–water partition coefficient (Wildman–Crippen LogP) is 0.643. The van der Waals surface area contributed by atoms with Gasteiger partial charge in [0, 0.05) is 12.0 Å². The summed E-state index contributed by atoms with van der Waals surface area (Å²) in [6.07, 6.45) is -0.591. The van der Waals surface area contributed by atoms with E-state index in [1.54, 1.807) is 0 Å². The molecular formula is C14H18N2O5. The van der Waals surface area contributed by atoms with Crippen LogP contribution in [0.4, 0.5) is 4.79 Å². The monoisotopic (exact) mass is 294 g/mol. The summed E-state index contributed by atoms with van der Waals surface area (Å²) in [5, 5.41) is 23.2. The number of ether oxygens (including phenoxy) is 1. The summed E-state index contributed by atoms with van der Waals surface area (Å²) in [4.78, 5) is 22.8. The minimum Gasteiger partial charge on any atom is -0.493 e. The number of urea groups is 1. The molecule has 114 valence electrons. The van der Waals surface area contributed by atoms with Crippen molar-refractivity contribution in [1.29, 1.82) is 0 Å². The van der Waals surface area contributed by atoms with Crippen molar-refractivity contribution in [1.82, 2.24) is 10.6 Å². The Balaban J connectivity index is 2.02. The predicted molar refractivity (Wildman–Crippen MR) is 74.1 cm³/mol. The second-order valence-corrected chi connectivity index (χ2v) is 4.90. The fraction of sp³-hybridized carbons (Fsp3) is 0.429. The van der Waals surface area contributed by atoms with Crippen molar-refractivity contribution in [3.05, 3.63) is 29.8 Å². The number of amides is 2. The van der Waals surface area contributed by atoms with Crippen LogP contribution < -0.4 is 15.4 Å². The van der Waals surface area contributed by atoms with Crippen LogP contribution in [-0.2, 0) is 4.79 Å². The van der Waals surface area contributed by atoms with Gasteiger partial charge in [0.15, 0.2) is 6.04 Å². The van der Waals surface area contributed by atoms with Gasteiger partial charge >= 0.3 is 12.0 Å². The highest BCUT2D eigenvalue weighted by atomic mass is 16.5. The number of carbonyl (C=O) groups is 2. The fourth-order valence-corrected chi connectivity index (χ4v) is 2.22. The molecule has 4 N–H and O–H groups in total. The maximum absolute atomic E-state index is 11.9. The first-order chi connectivity index (χ1) is 9.99. The molecule has 0 spiro atoms. The van der Waals surface area contributed by atoms with Gasteiger partial charge in [-0.25, -0.2) is 9.59 Å². The highest BCUT2D eigenvalue weighted by Crippen LogP contribution is 2.31. The zero-order valence-corrected chi connectivity index (χ0v) is 11.6. The van der Waals surface area contributed by atoms with Gasteiger partial charge in [0.2, 0.25) is 0 Å². The Morgan fingerprint density at radius 1 is 1.38 bits per heavy atom. The van der Waals surface area contributed by atoms with E-state index in [-0.39, 0.29) is 6.04 Å². The molecular weight excluding hydrogens is 276 g/mol. The normalized spacial score (nSPS) is 19.6. The number of aliphatic hydroxyl groups is 1. The Kier molecular flexibility index (Phi) is 4.64. The van der Waals surface area contributed by atoms with Crippen molar-refractivity contribution in [2.75, 3.05) is 6.61 Å². The number of nitrogens with one attached hydrogen (secondary N) is 2. The molecule has 3 atom stereocenters. The summed E-state index contributed by atoms with van der Waals surface area (Å²) < 4.78 is 5.49. The molecule has 7 nitrogen and oxygen atoms in total. The molecule has 0 fully saturated rings. The van der Waals surface area contributed by atoms with Crippen molar-refractivity contribution < 1.29 is 24.5 Å². The van der Waals surface area contributed by atoms with Crippen molar-refractivity contribution in [2.24, 2.45) is 0 Å². The van der Waals surface area contributed by atoms with Crippen LogP contribution in [0.5, 0.6) is 5.75 Å². The number of rotatable bonds is 4. The zero-order chi connectivity index (χ0) is 15.4. The van der Waals surface area contributed by atoms with E-state index in [0.29, 0.717) is 18.8 Å². The Labute approximate surface area is 121 Å². The molecule has 0 aromatic heterocycles. The van der Waals surface area contributed by atoms with Gasteiger partial charge in [0.05, 0.1) is 18.8 Å². The van der Waals surface area contributed by atoms with Gasteiger partial charge in [-0.15, -0.1) is 0 Å². The maximum Gasteiger partial charge on any atom is 0.328 e. The minimum absolute atomic E-state index is 0.251. The molecule has 0 radical (unpaired) electrons. The lowest BCUT2D eigenvalue weighted by molar-refractivity contribution is -0.141. The molecule has 0 saturated heterocycles. The average Bonchev–Trinajstić information content (AvgIpc) is 2.44. The zero-order valence-electron chi connectivity index (χ0n) is 11.6. The Hall–Kier alpha value is -2.28. The minimum atomic E-state index is -1.35. The Morgan fingerprint density at radius 2 is 2.10 bits per heavy atom. The molecule has 1 aromatic carbocycles. The highest BCUT2D eigenvalue weighted by Gasteiger charge is 2.27. The van der Waals surface area contributed by atoms with Crippen molar-refractivity contribution in [3.8, 4) is 5.75 Å². The number of para-hydroxylation sites is 1. The number of carboxylic acids is 1. The smallest absolute Gasteiger partial charge is 0.328 e. The summed E-state index contributed by atoms with van der Waals surface area (Å²) in [6.45, 7) is 1.78. The van der Waals surface area contributed by atoms with Crippen molar-refractivity contribution in [2.45, 2.75) is 31.5 Å². The van der Waals surface area contributed by atoms with Crippen molar-refractivity contribution in [3.63, 3.8) is 0 Å². The molecule has 1 aliphatic heterocycles. The number of carbonyl (C=O) groups excluding carboxylic acids is 1. The molecule has 1 aliphatic rings. The summed E-state index contributed by atoms with van der Waals surface area (Å²) >= 11 is 0. The number of benzene rings is 1. The topological polar surface area (TPSA) is 108 Å². The van der Waals surface area contributed by atoms with Gasteiger partial charge in [-0.1, -0.05) is 18.2 Å². The van der Waals surface area contributed by atoms with Gasteiger partial charge in [0.1, 0.15) is 5.75 Å². The number of aliphatic hydroxyl groups excluding tert-OH is 1. The number of fused-ring (bicyclic) bond motifs is 1. The molecule has 0 bridgehead atoms. The largest absolute Gasteiger partial charge is 0.493 e. The SMILES string of the molecule is CC(O)C(NC(=O)NC1CCOc2ccccc21)C(=O)O. The number of hydrogen-bond donors (Lipinski definition) is 4. The molecule has 2 amide bonds. The lowest BCUT2D eigenvalue weighted by Gasteiger charge is -2.27. The van der Waals surface area contributed by atoms with Crippen LogP contribution in [-0.4, -0.2) is 41.0 Å². The fourth-order valence-electron chi connectivity index (χ4n) is 2.22. The molecule has 0 aliphatic carbocycles. The third-order valence-electron chi connectivity index (χ3n) is 3.30. The van der Waals surface area contributed by atoms with Gasteiger partial charge in [-0.05, 0) is 13.0 Å². The van der Waals surface area contributed by atoms with Gasteiger partial charge in [-0.3, -0.25) is 0 Å². The van der Waals surface area contributed by atoms with Crippen LogP contribution in [0, 0.1) is 0 Å². The van der Waals surface area contributed by atoms with Gasteiger partial charge in [-0.2, -0.15) is 0 Å². The van der Waals surface area contributed by atoms with E-state index in [1.165, 1.54) is 6.92 Å². The summed E-state index contributed by atoms with van der Waals surface area (Å²) in [6, 6.07) is 5.12. The second-order valence-electron chi connectivity index (χ2n) is 4.90. The lowest BCUT2D eigenvalue weighted by Crippen LogP contribution is -2.52. The van der Waals surface area contributed by atoms with E-state index in [4.69, 9.17) is 9.84 Å². The van der Waals surface area contributed by atoms with Crippen LogP contribution >= 0.6 is 0 Å². The summed E-state index contributed by atoms with van der Waals surface area (Å²) in [7, 11) is 0. The summed E-state index contributed by atoms with van der Waals surface area (Å²) in [5.74, 6) is -0.577. The molecule has 2 rings (SSSR count). The maximum atomic E-state index is 11.9. The third-order valence-corrected chi connectivity index (χ3v) is 3.30. The van der Waals surface area contributed by atoms with Crippen LogP contribution in [0.25, 0.3) is 0 Å². The van der Waals surface area contributed by atoms with E-state index in [0.717, 1.165) is 5.56 Å². The van der Waals surface area contributed by atoms with Gasteiger partial charge in [0.25, 0.3) is 0 Å². The van der Waals surface area contributed by atoms with Crippen LogP contribution in [0.15, 0.2) is 24.3 Å². The molecule has 21 heavy (non-hydrogen) atoms. The number of carboxylic acid groups (broad SMARTS) is 1. The molecule has 0 saturated carbocycles. The standard InChI is InChI=1S/C14H18N2O5/c1-8(17)12(13(18)19)16-14(20)15-10-6-7-21-11-5-3-2-4-9(10)11/h2-5,8,10,12,17H,6-7H2,1H3,(H,18,19)(H2,15,16,20). The van der Waals surface area contributed by atoms with E-state index in [1.807, 2.05) is 24.3 Å². The van der Waals surface area contributed by atoms with Crippen LogP contribution in [0.2, 0.25) is 0 Å². The van der Waals surface area contributed by atoms with E-state index >= 15 is 0 Å². The van der Waals surface area contributed by atoms with Crippen molar-refractivity contribution >= 4 is 12.0 Å². The quantitative estimate of drug-likeness (QED) is 0.652. The van der Waals surface area contributed by atoms with Gasteiger partial charge < -0.3 is 25.6 Å². The number of hydrogen-bond acceptors (Lipinski definition) is 4. The molecule has 7 heteroatoms. The number of aliphatic carboxylic acids is 1. The van der Waals surface area contributed by atoms with E-state index in [2.05, 4.69) is 10.6 Å². The highest BCUT2D eigenvalue weighted by molar-refractivity contribution is 5.83. The summed E-state index contributed by atoms with van der Waals surface area (Å²) in [5.41, 5.74) is 0.850. The molecule has 1 aromatic rings. The molecule has 1 heterocycles. The molecule has 3 unspecified atom stereocenters. The van der Waals surface area contributed by atoms with Crippen LogP contribution in [0.3, 0.4) is 0 Å². The third kappa shape index (κ3) is 3.63. The Bertz CT molecular complexity index is 532. The first kappa shape index (κ1) is 15.1. The average molecular weight is 294 g/mol. The van der Waals surface area contributed by atoms with Crippen LogP contribution in [0.1, 0.15) is 24.9 Å². The lowest BCUT2D eigenvalue weighted by atomic mass is 10.0. The first-order valence-corrected chi connectivity index (χ1v) is 6.68. The second kappa shape index (κ2) is 6.45. The van der Waals surface area contributed by atoms with E-state index in [9.17, 15) is 14.7 Å². The first-order valence-electron chi connectivity index (χ1n) is 6.68. The van der Waals surface area contributed by atoms with E-state index < -0.39 is 24.1 Å². The Morgan fingerprint density at radius 3 is 2.76 bits per heavy atom.